The molecule has 2 heterocycles. The average molecular weight is 301 g/mol. The zero-order chi connectivity index (χ0) is 15.5. The monoisotopic (exact) mass is 301 g/mol. The number of rotatable bonds is 3. The highest BCUT2D eigenvalue weighted by Gasteiger charge is 2.17. The van der Waals surface area contributed by atoms with Crippen LogP contribution in [-0.4, -0.2) is 16.1 Å². The summed E-state index contributed by atoms with van der Waals surface area (Å²) in [5, 5.41) is 10.2. The van der Waals surface area contributed by atoms with Crippen LogP contribution < -0.4 is 10.7 Å². The quantitative estimate of drug-likeness (QED) is 0.847. The van der Waals surface area contributed by atoms with Crippen molar-refractivity contribution in [2.24, 2.45) is 0 Å². The molecule has 1 aliphatic carbocycles. The molecule has 6 nitrogen and oxygen atoms in total. The molecule has 0 atom stereocenters. The SMILES string of the molecule is Cc1cc(=O)cc(C(=O)NCc2n[nH]c3c2CCCCC3)o1. The standard InChI is InChI=1S/C16H19N3O3/c1-10-7-11(20)8-15(22-10)16(21)17-9-14-12-5-3-2-4-6-13(12)18-19-14/h7-8H,2-6,9H2,1H3,(H,17,21)(H,18,19). The fraction of sp³-hybridized carbons (Fsp3) is 0.438. The van der Waals surface area contributed by atoms with Gasteiger partial charge in [-0.15, -0.1) is 0 Å². The van der Waals surface area contributed by atoms with Crippen molar-refractivity contribution >= 4 is 5.91 Å². The lowest BCUT2D eigenvalue weighted by molar-refractivity contribution is 0.0918. The number of H-pyrrole nitrogens is 1. The second-order valence-corrected chi connectivity index (χ2v) is 5.64. The summed E-state index contributed by atoms with van der Waals surface area (Å²) in [4.78, 5) is 23.5. The molecule has 2 aromatic heterocycles. The van der Waals surface area contributed by atoms with Gasteiger partial charge < -0.3 is 9.73 Å². The van der Waals surface area contributed by atoms with Crippen LogP contribution in [0.15, 0.2) is 21.3 Å². The number of nitrogens with one attached hydrogen (secondary N) is 2. The van der Waals surface area contributed by atoms with Crippen molar-refractivity contribution in [2.75, 3.05) is 0 Å². The van der Waals surface area contributed by atoms with Crippen LogP contribution in [0.5, 0.6) is 0 Å². The number of amides is 1. The van der Waals surface area contributed by atoms with Gasteiger partial charge in [-0.2, -0.15) is 5.10 Å². The van der Waals surface area contributed by atoms with Gasteiger partial charge in [-0.1, -0.05) is 6.42 Å². The lowest BCUT2D eigenvalue weighted by Gasteiger charge is -2.05. The van der Waals surface area contributed by atoms with Crippen molar-refractivity contribution in [3.63, 3.8) is 0 Å². The maximum absolute atomic E-state index is 12.1. The molecule has 1 amide bonds. The molecule has 2 N–H and O–H groups in total. The number of aromatic nitrogens is 2. The number of hydrogen-bond donors (Lipinski definition) is 2. The molecule has 22 heavy (non-hydrogen) atoms. The molecule has 1 aliphatic rings. The third kappa shape index (κ3) is 3.10. The first-order valence-corrected chi connectivity index (χ1v) is 7.58. The van der Waals surface area contributed by atoms with E-state index in [0.29, 0.717) is 12.3 Å². The van der Waals surface area contributed by atoms with Crippen LogP contribution in [0.4, 0.5) is 0 Å². The Kier molecular flexibility index (Phi) is 4.09. The topological polar surface area (TPSA) is 88.0 Å². The maximum Gasteiger partial charge on any atom is 0.287 e. The number of carbonyl (C=O) groups is 1. The predicted octanol–water partition coefficient (Wildman–Crippen LogP) is 1.87. The van der Waals surface area contributed by atoms with E-state index in [9.17, 15) is 9.59 Å². The minimum absolute atomic E-state index is 0.0339. The Balaban J connectivity index is 1.71. The lowest BCUT2D eigenvalue weighted by atomic mass is 10.1. The molecule has 0 fully saturated rings. The minimum atomic E-state index is -0.397. The van der Waals surface area contributed by atoms with E-state index in [1.54, 1.807) is 6.92 Å². The third-order valence-electron chi connectivity index (χ3n) is 3.92. The Morgan fingerprint density at radius 3 is 2.95 bits per heavy atom. The van der Waals surface area contributed by atoms with Crippen molar-refractivity contribution in [2.45, 2.75) is 45.6 Å². The second-order valence-electron chi connectivity index (χ2n) is 5.64. The van der Waals surface area contributed by atoms with E-state index in [-0.39, 0.29) is 11.2 Å². The van der Waals surface area contributed by atoms with Gasteiger partial charge in [-0.3, -0.25) is 14.7 Å². The number of aromatic amines is 1. The largest absolute Gasteiger partial charge is 0.456 e. The van der Waals surface area contributed by atoms with Gasteiger partial charge in [0.15, 0.2) is 11.2 Å². The Morgan fingerprint density at radius 1 is 1.32 bits per heavy atom. The minimum Gasteiger partial charge on any atom is -0.456 e. The summed E-state index contributed by atoms with van der Waals surface area (Å²) in [5.74, 6) is 0.0593. The van der Waals surface area contributed by atoms with E-state index < -0.39 is 5.91 Å². The van der Waals surface area contributed by atoms with E-state index in [1.165, 1.54) is 36.2 Å². The molecule has 0 aromatic carbocycles. The van der Waals surface area contributed by atoms with Crippen molar-refractivity contribution in [1.82, 2.24) is 15.5 Å². The molecule has 0 aliphatic heterocycles. The van der Waals surface area contributed by atoms with E-state index in [0.717, 1.165) is 25.0 Å². The smallest absolute Gasteiger partial charge is 0.287 e. The fourth-order valence-electron chi connectivity index (χ4n) is 2.84. The van der Waals surface area contributed by atoms with E-state index in [4.69, 9.17) is 4.42 Å². The summed E-state index contributed by atoms with van der Waals surface area (Å²) < 4.78 is 5.28. The number of nitrogens with zero attached hydrogens (tertiary/aromatic N) is 1. The highest BCUT2D eigenvalue weighted by molar-refractivity contribution is 5.91. The summed E-state index contributed by atoms with van der Waals surface area (Å²) >= 11 is 0. The van der Waals surface area contributed by atoms with Crippen LogP contribution in [0, 0.1) is 6.92 Å². The molecule has 2 aromatic rings. The first-order valence-electron chi connectivity index (χ1n) is 7.58. The summed E-state index contributed by atoms with van der Waals surface area (Å²) in [6, 6.07) is 2.55. The second kappa shape index (κ2) is 6.17. The van der Waals surface area contributed by atoms with E-state index >= 15 is 0 Å². The molecular weight excluding hydrogens is 282 g/mol. The summed E-state index contributed by atoms with van der Waals surface area (Å²) in [6.07, 6.45) is 5.57. The number of fused-ring (bicyclic) bond motifs is 1. The van der Waals surface area contributed by atoms with Gasteiger partial charge in [0.2, 0.25) is 0 Å². The van der Waals surface area contributed by atoms with Crippen molar-refractivity contribution < 1.29 is 9.21 Å². The molecule has 0 spiro atoms. The van der Waals surface area contributed by atoms with Crippen molar-refractivity contribution in [1.29, 1.82) is 0 Å². The van der Waals surface area contributed by atoms with Gasteiger partial charge in [-0.25, -0.2) is 0 Å². The first kappa shape index (κ1) is 14.6. The third-order valence-corrected chi connectivity index (χ3v) is 3.92. The maximum atomic E-state index is 12.1. The molecule has 116 valence electrons. The molecule has 0 saturated carbocycles. The highest BCUT2D eigenvalue weighted by atomic mass is 16.3. The van der Waals surface area contributed by atoms with Crippen LogP contribution in [0.25, 0.3) is 0 Å². The summed E-state index contributed by atoms with van der Waals surface area (Å²) in [6.45, 7) is 1.98. The molecular formula is C16H19N3O3. The van der Waals surface area contributed by atoms with E-state index in [1.807, 2.05) is 0 Å². The van der Waals surface area contributed by atoms with Crippen molar-refractivity contribution in [3.8, 4) is 0 Å². The van der Waals surface area contributed by atoms with Gasteiger partial charge in [0.05, 0.1) is 12.2 Å². The Hall–Kier alpha value is -2.37. The van der Waals surface area contributed by atoms with Crippen LogP contribution in [-0.2, 0) is 19.4 Å². The summed E-state index contributed by atoms with van der Waals surface area (Å²) in [7, 11) is 0. The zero-order valence-electron chi connectivity index (χ0n) is 12.6. The molecule has 3 rings (SSSR count). The molecule has 0 radical (unpaired) electrons. The van der Waals surface area contributed by atoms with E-state index in [2.05, 4.69) is 15.5 Å². The first-order chi connectivity index (χ1) is 10.6. The zero-order valence-corrected chi connectivity index (χ0v) is 12.6. The number of aryl methyl sites for hydroxylation is 2. The van der Waals surface area contributed by atoms with Gasteiger partial charge in [0.25, 0.3) is 5.91 Å². The Morgan fingerprint density at radius 2 is 2.14 bits per heavy atom. The normalized spacial score (nSPS) is 14.2. The van der Waals surface area contributed by atoms with Crippen LogP contribution in [0.3, 0.4) is 0 Å². The molecule has 0 unspecified atom stereocenters. The van der Waals surface area contributed by atoms with Crippen LogP contribution in [0.2, 0.25) is 0 Å². The predicted molar refractivity (Wildman–Crippen MR) is 80.7 cm³/mol. The molecule has 6 heteroatoms. The Labute approximate surface area is 127 Å². The van der Waals surface area contributed by atoms with Gasteiger partial charge in [-0.05, 0) is 38.2 Å². The molecule has 0 saturated heterocycles. The lowest BCUT2D eigenvalue weighted by Crippen LogP contribution is -2.24. The average Bonchev–Trinajstić information content (AvgIpc) is 2.71. The van der Waals surface area contributed by atoms with Gasteiger partial charge in [0, 0.05) is 17.8 Å². The van der Waals surface area contributed by atoms with Crippen molar-refractivity contribution in [3.05, 3.63) is 50.8 Å². The summed E-state index contributed by atoms with van der Waals surface area (Å²) in [5.41, 5.74) is 3.05. The van der Waals surface area contributed by atoms with Crippen LogP contribution in [0.1, 0.15) is 52.5 Å². The Bertz CT molecular complexity index is 745. The van der Waals surface area contributed by atoms with Gasteiger partial charge in [0.1, 0.15) is 5.76 Å². The number of hydrogen-bond acceptors (Lipinski definition) is 4. The highest BCUT2D eigenvalue weighted by Crippen LogP contribution is 2.21. The fourth-order valence-corrected chi connectivity index (χ4v) is 2.84. The molecule has 0 bridgehead atoms. The van der Waals surface area contributed by atoms with Gasteiger partial charge >= 0.3 is 0 Å². The number of carbonyl (C=O) groups excluding carboxylic acids is 1. The van der Waals surface area contributed by atoms with Crippen LogP contribution >= 0.6 is 0 Å².